The third-order valence-corrected chi connectivity index (χ3v) is 4.42. The molecule has 0 saturated carbocycles. The molecule has 0 aliphatic carbocycles. The molecule has 0 bridgehead atoms. The largest absolute Gasteiger partial charge is 0.497 e. The van der Waals surface area contributed by atoms with Gasteiger partial charge in [0.15, 0.2) is 0 Å². The lowest BCUT2D eigenvalue weighted by Gasteiger charge is -2.25. The first kappa shape index (κ1) is 16.6. The zero-order valence-corrected chi connectivity index (χ0v) is 14.0. The van der Waals surface area contributed by atoms with Gasteiger partial charge in [0.2, 0.25) is 0 Å². The molecule has 0 aromatic heterocycles. The molecule has 2 aromatic rings. The van der Waals surface area contributed by atoms with Crippen LogP contribution in [0.1, 0.15) is 56.2 Å². The fourth-order valence-corrected chi connectivity index (χ4v) is 2.82. The molecular formula is C20H26O2. The number of hydrogen-bond donors (Lipinski definition) is 1. The second kappa shape index (κ2) is 6.97. The Morgan fingerprint density at radius 1 is 1.00 bits per heavy atom. The van der Waals surface area contributed by atoms with Gasteiger partial charge in [-0.3, -0.25) is 0 Å². The van der Waals surface area contributed by atoms with Crippen molar-refractivity contribution in [2.75, 3.05) is 7.11 Å². The summed E-state index contributed by atoms with van der Waals surface area (Å²) in [5.74, 6) is 1.35. The molecule has 0 aliphatic rings. The van der Waals surface area contributed by atoms with E-state index in [1.165, 1.54) is 18.4 Å². The Morgan fingerprint density at radius 3 is 1.95 bits per heavy atom. The quantitative estimate of drug-likeness (QED) is 0.825. The second-order valence-corrected chi connectivity index (χ2v) is 6.11. The third kappa shape index (κ3) is 3.50. The first-order valence-corrected chi connectivity index (χ1v) is 7.96. The van der Waals surface area contributed by atoms with Gasteiger partial charge in [-0.25, -0.2) is 0 Å². The van der Waals surface area contributed by atoms with E-state index in [1.54, 1.807) is 7.11 Å². The van der Waals surface area contributed by atoms with Crippen molar-refractivity contribution in [3.05, 3.63) is 65.2 Å². The molecule has 0 spiro atoms. The van der Waals surface area contributed by atoms with Crippen molar-refractivity contribution in [3.63, 3.8) is 0 Å². The average Bonchev–Trinajstić information content (AvgIpc) is 2.55. The molecule has 2 atom stereocenters. The van der Waals surface area contributed by atoms with E-state index in [0.29, 0.717) is 5.92 Å². The zero-order valence-electron chi connectivity index (χ0n) is 14.0. The van der Waals surface area contributed by atoms with Crippen molar-refractivity contribution in [2.45, 2.75) is 45.1 Å². The minimum absolute atomic E-state index is 0.560. The minimum Gasteiger partial charge on any atom is -0.497 e. The maximum atomic E-state index is 10.9. The van der Waals surface area contributed by atoms with Crippen LogP contribution in [0, 0.1) is 0 Å². The molecule has 0 aliphatic heterocycles. The Kier molecular flexibility index (Phi) is 5.25. The topological polar surface area (TPSA) is 29.5 Å². The second-order valence-electron chi connectivity index (χ2n) is 6.11. The lowest BCUT2D eigenvalue weighted by molar-refractivity contribution is 0.102. The van der Waals surface area contributed by atoms with E-state index in [0.717, 1.165) is 16.9 Å². The van der Waals surface area contributed by atoms with Crippen LogP contribution >= 0.6 is 0 Å². The first-order chi connectivity index (χ1) is 10.5. The highest BCUT2D eigenvalue weighted by atomic mass is 16.5. The summed E-state index contributed by atoms with van der Waals surface area (Å²) in [5.41, 5.74) is 2.10. The first-order valence-electron chi connectivity index (χ1n) is 7.96. The number of aliphatic hydroxyl groups is 1. The summed E-state index contributed by atoms with van der Waals surface area (Å²) >= 11 is 0. The summed E-state index contributed by atoms with van der Waals surface area (Å²) < 4.78 is 5.17. The van der Waals surface area contributed by atoms with E-state index in [9.17, 15) is 5.11 Å². The van der Waals surface area contributed by atoms with Gasteiger partial charge in [0, 0.05) is 0 Å². The van der Waals surface area contributed by atoms with E-state index in [4.69, 9.17) is 4.74 Å². The van der Waals surface area contributed by atoms with E-state index in [-0.39, 0.29) is 0 Å². The van der Waals surface area contributed by atoms with Gasteiger partial charge in [0.1, 0.15) is 11.4 Å². The highest BCUT2D eigenvalue weighted by molar-refractivity contribution is 5.39. The molecule has 0 radical (unpaired) electrons. The SMILES string of the molecule is CCCC(C)c1ccc(C(C)(O)c2ccc(OC)cc2)cc1. The van der Waals surface area contributed by atoms with Gasteiger partial charge in [0.05, 0.1) is 7.11 Å². The molecule has 2 unspecified atom stereocenters. The number of hydrogen-bond acceptors (Lipinski definition) is 2. The van der Waals surface area contributed by atoms with Gasteiger partial charge in [-0.1, -0.05) is 56.7 Å². The molecule has 2 rings (SSSR count). The van der Waals surface area contributed by atoms with Crippen LogP contribution in [0.5, 0.6) is 5.75 Å². The van der Waals surface area contributed by atoms with E-state index in [2.05, 4.69) is 26.0 Å². The van der Waals surface area contributed by atoms with Crippen LogP contribution in [0.3, 0.4) is 0 Å². The predicted molar refractivity (Wildman–Crippen MR) is 91.4 cm³/mol. The van der Waals surface area contributed by atoms with Gasteiger partial charge in [-0.05, 0) is 48.1 Å². The smallest absolute Gasteiger partial charge is 0.118 e. The molecule has 2 aromatic carbocycles. The van der Waals surface area contributed by atoms with Crippen molar-refractivity contribution < 1.29 is 9.84 Å². The monoisotopic (exact) mass is 298 g/mol. The molecule has 0 heterocycles. The van der Waals surface area contributed by atoms with Crippen LogP contribution in [0.15, 0.2) is 48.5 Å². The molecule has 0 saturated heterocycles. The van der Waals surface area contributed by atoms with Crippen molar-refractivity contribution in [2.24, 2.45) is 0 Å². The predicted octanol–water partition coefficient (Wildman–Crippen LogP) is 4.85. The van der Waals surface area contributed by atoms with E-state index in [1.807, 2.05) is 43.3 Å². The van der Waals surface area contributed by atoms with Gasteiger partial charge in [-0.2, -0.15) is 0 Å². The summed E-state index contributed by atoms with van der Waals surface area (Å²) in [5, 5.41) is 10.9. The van der Waals surface area contributed by atoms with Crippen LogP contribution in [0.2, 0.25) is 0 Å². The number of ether oxygens (including phenoxy) is 1. The summed E-state index contributed by atoms with van der Waals surface area (Å²) in [6.45, 7) is 6.29. The standard InChI is InChI=1S/C20H26O2/c1-5-6-15(2)16-7-9-17(10-8-16)20(3,21)18-11-13-19(22-4)14-12-18/h7-15,21H,5-6H2,1-4H3. The number of methoxy groups -OCH3 is 1. The summed E-state index contributed by atoms with van der Waals surface area (Å²) in [7, 11) is 1.64. The summed E-state index contributed by atoms with van der Waals surface area (Å²) in [4.78, 5) is 0. The Bertz CT molecular complexity index is 582. The Labute approximate surface area is 133 Å². The van der Waals surface area contributed by atoms with Crippen LogP contribution in [-0.4, -0.2) is 12.2 Å². The van der Waals surface area contributed by atoms with Crippen LogP contribution < -0.4 is 4.74 Å². The molecule has 2 nitrogen and oxygen atoms in total. The highest BCUT2D eigenvalue weighted by Crippen LogP contribution is 2.31. The number of rotatable bonds is 6. The van der Waals surface area contributed by atoms with Crippen LogP contribution in [0.4, 0.5) is 0 Å². The van der Waals surface area contributed by atoms with Crippen molar-refractivity contribution in [1.82, 2.24) is 0 Å². The van der Waals surface area contributed by atoms with Gasteiger partial charge in [-0.15, -0.1) is 0 Å². The molecule has 118 valence electrons. The Hall–Kier alpha value is -1.80. The van der Waals surface area contributed by atoms with Crippen LogP contribution in [-0.2, 0) is 5.60 Å². The maximum absolute atomic E-state index is 10.9. The molecule has 1 N–H and O–H groups in total. The molecule has 2 heteroatoms. The third-order valence-electron chi connectivity index (χ3n) is 4.42. The molecule has 0 amide bonds. The Morgan fingerprint density at radius 2 is 1.50 bits per heavy atom. The number of benzene rings is 2. The normalized spacial score (nSPS) is 15.1. The lowest BCUT2D eigenvalue weighted by atomic mass is 9.86. The minimum atomic E-state index is -1.00. The van der Waals surface area contributed by atoms with E-state index >= 15 is 0 Å². The van der Waals surface area contributed by atoms with Crippen molar-refractivity contribution >= 4 is 0 Å². The Balaban J connectivity index is 2.24. The van der Waals surface area contributed by atoms with E-state index < -0.39 is 5.60 Å². The van der Waals surface area contributed by atoms with Crippen molar-refractivity contribution in [1.29, 1.82) is 0 Å². The molecule has 22 heavy (non-hydrogen) atoms. The lowest BCUT2D eigenvalue weighted by Crippen LogP contribution is -2.22. The van der Waals surface area contributed by atoms with Crippen molar-refractivity contribution in [3.8, 4) is 5.75 Å². The van der Waals surface area contributed by atoms with Crippen LogP contribution in [0.25, 0.3) is 0 Å². The van der Waals surface area contributed by atoms with Gasteiger partial charge in [0.25, 0.3) is 0 Å². The van der Waals surface area contributed by atoms with Gasteiger partial charge >= 0.3 is 0 Å². The van der Waals surface area contributed by atoms with Gasteiger partial charge < -0.3 is 9.84 Å². The molecular weight excluding hydrogens is 272 g/mol. The molecule has 0 fully saturated rings. The fraction of sp³-hybridized carbons (Fsp3) is 0.400. The highest BCUT2D eigenvalue weighted by Gasteiger charge is 2.25. The summed E-state index contributed by atoms with van der Waals surface area (Å²) in [6.07, 6.45) is 2.38. The zero-order chi connectivity index (χ0) is 16.2. The average molecular weight is 298 g/mol. The summed E-state index contributed by atoms with van der Waals surface area (Å²) in [6, 6.07) is 15.9. The fourth-order valence-electron chi connectivity index (χ4n) is 2.82. The maximum Gasteiger partial charge on any atom is 0.118 e.